The molecule has 2 N–H and O–H groups in total. The number of hydrogen-bond acceptors (Lipinski definition) is 2. The number of pyridine rings is 1. The van der Waals surface area contributed by atoms with Gasteiger partial charge in [-0.05, 0) is 30.0 Å². The van der Waals surface area contributed by atoms with E-state index >= 15 is 0 Å². The molecular formula is C15H18N2. The van der Waals surface area contributed by atoms with E-state index < -0.39 is 0 Å². The predicted octanol–water partition coefficient (Wildman–Crippen LogP) is 3.59. The molecule has 2 rings (SSSR count). The van der Waals surface area contributed by atoms with Gasteiger partial charge in [0.05, 0.1) is 11.9 Å². The van der Waals surface area contributed by atoms with E-state index in [4.69, 9.17) is 5.73 Å². The van der Waals surface area contributed by atoms with Gasteiger partial charge in [0.15, 0.2) is 0 Å². The van der Waals surface area contributed by atoms with Gasteiger partial charge in [-0.2, -0.15) is 0 Å². The molecule has 0 unspecified atom stereocenters. The zero-order valence-electron chi connectivity index (χ0n) is 10.4. The molecule has 0 amide bonds. The van der Waals surface area contributed by atoms with Crippen LogP contribution in [0.1, 0.15) is 24.5 Å². The van der Waals surface area contributed by atoms with Crippen molar-refractivity contribution in [2.45, 2.75) is 26.7 Å². The van der Waals surface area contributed by atoms with Crippen LogP contribution in [0.15, 0.2) is 36.7 Å². The zero-order valence-corrected chi connectivity index (χ0v) is 10.4. The fourth-order valence-electron chi connectivity index (χ4n) is 1.97. The Hall–Kier alpha value is -1.83. The molecule has 0 radical (unpaired) electrons. The molecule has 2 nitrogen and oxygen atoms in total. The zero-order chi connectivity index (χ0) is 12.3. The lowest BCUT2D eigenvalue weighted by atomic mass is 10.00. The highest BCUT2D eigenvalue weighted by atomic mass is 14.7. The summed E-state index contributed by atoms with van der Waals surface area (Å²) in [5.41, 5.74) is 11.4. The maximum absolute atomic E-state index is 5.87. The lowest BCUT2D eigenvalue weighted by Gasteiger charge is -2.08. The first-order valence-corrected chi connectivity index (χ1v) is 6.01. The lowest BCUT2D eigenvalue weighted by Crippen LogP contribution is -1.94. The highest BCUT2D eigenvalue weighted by Crippen LogP contribution is 2.26. The molecule has 17 heavy (non-hydrogen) atoms. The quantitative estimate of drug-likeness (QED) is 0.868. The first-order chi connectivity index (χ1) is 8.22. The molecule has 1 heterocycles. The Morgan fingerprint density at radius 1 is 1.12 bits per heavy atom. The second-order valence-electron chi connectivity index (χ2n) is 4.35. The van der Waals surface area contributed by atoms with Gasteiger partial charge in [0.1, 0.15) is 0 Å². The summed E-state index contributed by atoms with van der Waals surface area (Å²) in [5.74, 6) is 0. The van der Waals surface area contributed by atoms with Crippen molar-refractivity contribution < 1.29 is 0 Å². The monoisotopic (exact) mass is 226 g/mol. The molecule has 2 heteroatoms. The van der Waals surface area contributed by atoms with Crippen molar-refractivity contribution in [3.63, 3.8) is 0 Å². The first kappa shape index (κ1) is 11.6. The van der Waals surface area contributed by atoms with Gasteiger partial charge in [-0.3, -0.25) is 4.98 Å². The Morgan fingerprint density at radius 3 is 2.47 bits per heavy atom. The molecule has 1 aromatic carbocycles. The van der Waals surface area contributed by atoms with Gasteiger partial charge in [-0.15, -0.1) is 0 Å². The van der Waals surface area contributed by atoms with Crippen LogP contribution in [-0.2, 0) is 6.42 Å². The van der Waals surface area contributed by atoms with E-state index in [1.54, 1.807) is 6.20 Å². The predicted molar refractivity (Wildman–Crippen MR) is 72.8 cm³/mol. The summed E-state index contributed by atoms with van der Waals surface area (Å²) in [4.78, 5) is 4.16. The second kappa shape index (κ2) is 5.00. The number of anilines is 1. The minimum Gasteiger partial charge on any atom is -0.397 e. The molecular weight excluding hydrogens is 208 g/mol. The number of aryl methyl sites for hydroxylation is 1. The molecule has 0 aliphatic heterocycles. The summed E-state index contributed by atoms with van der Waals surface area (Å²) in [6, 6.07) is 8.66. The number of rotatable bonds is 3. The highest BCUT2D eigenvalue weighted by molar-refractivity contribution is 5.71. The van der Waals surface area contributed by atoms with Crippen molar-refractivity contribution >= 4 is 5.69 Å². The highest BCUT2D eigenvalue weighted by Gasteiger charge is 2.04. The van der Waals surface area contributed by atoms with Crippen LogP contribution in [0, 0.1) is 6.92 Å². The standard InChI is InChI=1S/C15H18N2/c1-3-4-12-5-7-13(8-6-12)14-9-17-10-15(16)11(14)2/h5-10H,3-4,16H2,1-2H3. The van der Waals surface area contributed by atoms with Gasteiger partial charge >= 0.3 is 0 Å². The molecule has 0 saturated carbocycles. The van der Waals surface area contributed by atoms with Gasteiger partial charge in [0.2, 0.25) is 0 Å². The van der Waals surface area contributed by atoms with E-state index in [1.165, 1.54) is 17.5 Å². The number of nitrogens with two attached hydrogens (primary N) is 1. The summed E-state index contributed by atoms with van der Waals surface area (Å²) < 4.78 is 0. The van der Waals surface area contributed by atoms with E-state index in [2.05, 4.69) is 36.2 Å². The Labute approximate surface area is 103 Å². The van der Waals surface area contributed by atoms with Crippen LogP contribution < -0.4 is 5.73 Å². The van der Waals surface area contributed by atoms with Gasteiger partial charge in [0, 0.05) is 11.8 Å². The van der Waals surface area contributed by atoms with Gasteiger partial charge < -0.3 is 5.73 Å². The fourth-order valence-corrected chi connectivity index (χ4v) is 1.97. The Kier molecular flexibility index (Phi) is 3.43. The minimum absolute atomic E-state index is 0.750. The fraction of sp³-hybridized carbons (Fsp3) is 0.267. The Balaban J connectivity index is 2.36. The van der Waals surface area contributed by atoms with E-state index in [1.807, 2.05) is 13.1 Å². The lowest BCUT2D eigenvalue weighted by molar-refractivity contribution is 0.922. The van der Waals surface area contributed by atoms with Crippen LogP contribution >= 0.6 is 0 Å². The summed E-state index contributed by atoms with van der Waals surface area (Å²) in [7, 11) is 0. The van der Waals surface area contributed by atoms with Gasteiger partial charge in [-0.1, -0.05) is 37.6 Å². The summed E-state index contributed by atoms with van der Waals surface area (Å²) in [6.07, 6.45) is 5.89. The SMILES string of the molecule is CCCc1ccc(-c2cncc(N)c2C)cc1. The van der Waals surface area contributed by atoms with Crippen molar-refractivity contribution in [3.05, 3.63) is 47.8 Å². The van der Waals surface area contributed by atoms with Gasteiger partial charge in [-0.25, -0.2) is 0 Å². The maximum Gasteiger partial charge on any atom is 0.0536 e. The number of aromatic nitrogens is 1. The van der Waals surface area contributed by atoms with E-state index in [0.29, 0.717) is 0 Å². The minimum atomic E-state index is 0.750. The third-order valence-corrected chi connectivity index (χ3v) is 3.06. The van der Waals surface area contributed by atoms with Crippen LogP contribution in [0.2, 0.25) is 0 Å². The molecule has 1 aromatic heterocycles. The molecule has 0 fully saturated rings. The van der Waals surface area contributed by atoms with Crippen LogP contribution in [0.5, 0.6) is 0 Å². The molecule has 0 saturated heterocycles. The summed E-state index contributed by atoms with van der Waals surface area (Å²) in [6.45, 7) is 4.23. The van der Waals surface area contributed by atoms with Crippen molar-refractivity contribution in [2.75, 3.05) is 5.73 Å². The normalized spacial score (nSPS) is 10.5. The third-order valence-electron chi connectivity index (χ3n) is 3.06. The van der Waals surface area contributed by atoms with Crippen molar-refractivity contribution in [1.82, 2.24) is 4.98 Å². The Bertz CT molecular complexity index is 501. The largest absolute Gasteiger partial charge is 0.397 e. The molecule has 0 aliphatic rings. The summed E-state index contributed by atoms with van der Waals surface area (Å²) >= 11 is 0. The van der Waals surface area contributed by atoms with Crippen LogP contribution in [0.4, 0.5) is 5.69 Å². The van der Waals surface area contributed by atoms with Gasteiger partial charge in [0.25, 0.3) is 0 Å². The third kappa shape index (κ3) is 2.47. The molecule has 2 aromatic rings. The van der Waals surface area contributed by atoms with Crippen LogP contribution in [0.25, 0.3) is 11.1 Å². The van der Waals surface area contributed by atoms with E-state index in [0.717, 1.165) is 23.2 Å². The first-order valence-electron chi connectivity index (χ1n) is 6.01. The topological polar surface area (TPSA) is 38.9 Å². The van der Waals surface area contributed by atoms with Crippen molar-refractivity contribution in [2.24, 2.45) is 0 Å². The Morgan fingerprint density at radius 2 is 1.82 bits per heavy atom. The van der Waals surface area contributed by atoms with Crippen LogP contribution in [0.3, 0.4) is 0 Å². The number of benzene rings is 1. The maximum atomic E-state index is 5.87. The molecule has 88 valence electrons. The number of nitrogens with zero attached hydrogens (tertiary/aromatic N) is 1. The number of nitrogen functional groups attached to an aromatic ring is 1. The number of hydrogen-bond donors (Lipinski definition) is 1. The van der Waals surface area contributed by atoms with E-state index in [-0.39, 0.29) is 0 Å². The smallest absolute Gasteiger partial charge is 0.0536 e. The molecule has 0 aliphatic carbocycles. The van der Waals surface area contributed by atoms with Crippen LogP contribution in [-0.4, -0.2) is 4.98 Å². The summed E-state index contributed by atoms with van der Waals surface area (Å²) in [5, 5.41) is 0. The second-order valence-corrected chi connectivity index (χ2v) is 4.35. The van der Waals surface area contributed by atoms with Crippen molar-refractivity contribution in [1.29, 1.82) is 0 Å². The molecule has 0 atom stereocenters. The molecule has 0 spiro atoms. The average molecular weight is 226 g/mol. The average Bonchev–Trinajstić information content (AvgIpc) is 2.34. The van der Waals surface area contributed by atoms with Crippen molar-refractivity contribution in [3.8, 4) is 11.1 Å². The van der Waals surface area contributed by atoms with E-state index in [9.17, 15) is 0 Å². The molecule has 0 bridgehead atoms.